The van der Waals surface area contributed by atoms with Gasteiger partial charge in [-0.15, -0.1) is 0 Å². The monoisotopic (exact) mass is 260 g/mol. The summed E-state index contributed by atoms with van der Waals surface area (Å²) in [5.74, 6) is 0. The highest BCUT2D eigenvalue weighted by atomic mass is 16.5. The number of hydrogen-bond acceptors (Lipinski definition) is 3. The average Bonchev–Trinajstić information content (AvgIpc) is 3.05. The number of benzene rings is 1. The number of nitrogens with zero attached hydrogens (tertiary/aromatic N) is 1. The Kier molecular flexibility index (Phi) is 3.55. The third kappa shape index (κ3) is 2.39. The fourth-order valence-corrected chi connectivity index (χ4v) is 2.99. The number of aliphatic hydroxyl groups is 1. The van der Waals surface area contributed by atoms with Gasteiger partial charge in [0, 0.05) is 38.0 Å². The van der Waals surface area contributed by atoms with Crippen molar-refractivity contribution < 1.29 is 9.84 Å². The fraction of sp³-hybridized carbons (Fsp3) is 0.467. The van der Waals surface area contributed by atoms with E-state index in [1.54, 1.807) is 7.11 Å². The van der Waals surface area contributed by atoms with Crippen LogP contribution in [0.15, 0.2) is 30.5 Å². The first-order chi connectivity index (χ1) is 9.31. The Balaban J connectivity index is 1.82. The molecule has 0 bridgehead atoms. The zero-order chi connectivity index (χ0) is 13.2. The third-order valence-corrected chi connectivity index (χ3v) is 4.08. The predicted molar refractivity (Wildman–Crippen MR) is 75.0 cm³/mol. The lowest BCUT2D eigenvalue weighted by Gasteiger charge is -2.22. The van der Waals surface area contributed by atoms with Crippen molar-refractivity contribution in [3.8, 4) is 0 Å². The van der Waals surface area contributed by atoms with Crippen LogP contribution < -0.4 is 0 Å². The van der Waals surface area contributed by atoms with Gasteiger partial charge >= 0.3 is 0 Å². The lowest BCUT2D eigenvalue weighted by atomic mass is 10.1. The number of fused-ring (bicyclic) bond motifs is 1. The smallest absolute Gasteiger partial charge is 0.0714 e. The highest BCUT2D eigenvalue weighted by Gasteiger charge is 2.31. The van der Waals surface area contributed by atoms with Gasteiger partial charge in [0.2, 0.25) is 0 Å². The second-order valence-electron chi connectivity index (χ2n) is 5.22. The van der Waals surface area contributed by atoms with Gasteiger partial charge in [-0.3, -0.25) is 4.90 Å². The summed E-state index contributed by atoms with van der Waals surface area (Å²) in [4.78, 5) is 5.61. The average molecular weight is 260 g/mol. The van der Waals surface area contributed by atoms with Crippen molar-refractivity contribution in [2.75, 3.05) is 20.3 Å². The molecule has 2 N–H and O–H groups in total. The zero-order valence-corrected chi connectivity index (χ0v) is 11.2. The molecule has 4 heteroatoms. The molecule has 4 nitrogen and oxygen atoms in total. The minimum absolute atomic E-state index is 0.195. The van der Waals surface area contributed by atoms with E-state index in [9.17, 15) is 5.11 Å². The number of hydrogen-bond donors (Lipinski definition) is 2. The molecule has 1 aromatic heterocycles. The largest absolute Gasteiger partial charge is 0.395 e. The highest BCUT2D eigenvalue weighted by Crippen LogP contribution is 2.25. The van der Waals surface area contributed by atoms with Gasteiger partial charge in [0.15, 0.2) is 0 Å². The Morgan fingerprint density at radius 3 is 3.11 bits per heavy atom. The van der Waals surface area contributed by atoms with Crippen LogP contribution in [-0.2, 0) is 11.3 Å². The minimum atomic E-state index is 0.195. The van der Waals surface area contributed by atoms with Crippen LogP contribution in [0.3, 0.4) is 0 Å². The normalized spacial score (nSPS) is 24.3. The second kappa shape index (κ2) is 5.33. The van der Waals surface area contributed by atoms with Gasteiger partial charge in [-0.05, 0) is 23.4 Å². The molecule has 2 aromatic rings. The summed E-state index contributed by atoms with van der Waals surface area (Å²) in [6.07, 6.45) is 3.12. The summed E-state index contributed by atoms with van der Waals surface area (Å²) in [5, 5.41) is 10.7. The molecule has 102 valence electrons. The molecule has 0 saturated carbocycles. The summed E-state index contributed by atoms with van der Waals surface area (Å²) >= 11 is 0. The van der Waals surface area contributed by atoms with E-state index in [1.165, 1.54) is 16.5 Å². The lowest BCUT2D eigenvalue weighted by Crippen LogP contribution is -2.32. The Hall–Kier alpha value is -1.36. The summed E-state index contributed by atoms with van der Waals surface area (Å²) in [7, 11) is 1.74. The van der Waals surface area contributed by atoms with Crippen molar-refractivity contribution in [1.29, 1.82) is 0 Å². The molecule has 1 aliphatic heterocycles. The molecule has 0 unspecified atom stereocenters. The highest BCUT2D eigenvalue weighted by molar-refractivity contribution is 5.82. The number of aromatic nitrogens is 1. The first kappa shape index (κ1) is 12.7. The molecule has 19 heavy (non-hydrogen) atoms. The van der Waals surface area contributed by atoms with Gasteiger partial charge in [0.05, 0.1) is 12.7 Å². The van der Waals surface area contributed by atoms with E-state index in [0.717, 1.165) is 19.5 Å². The molecule has 0 aliphatic carbocycles. The molecule has 2 atom stereocenters. The molecule has 1 fully saturated rings. The number of aliphatic hydroxyl groups excluding tert-OH is 1. The van der Waals surface area contributed by atoms with E-state index in [2.05, 4.69) is 34.1 Å². The maximum atomic E-state index is 9.50. The Morgan fingerprint density at radius 2 is 2.32 bits per heavy atom. The number of rotatable bonds is 4. The van der Waals surface area contributed by atoms with Gasteiger partial charge in [0.25, 0.3) is 0 Å². The van der Waals surface area contributed by atoms with Crippen LogP contribution in [-0.4, -0.2) is 47.4 Å². The van der Waals surface area contributed by atoms with Crippen molar-refractivity contribution in [3.05, 3.63) is 36.0 Å². The first-order valence-electron chi connectivity index (χ1n) is 6.74. The lowest BCUT2D eigenvalue weighted by molar-refractivity contribution is 0.107. The van der Waals surface area contributed by atoms with Crippen LogP contribution in [0.5, 0.6) is 0 Å². The van der Waals surface area contributed by atoms with Crippen molar-refractivity contribution in [2.45, 2.75) is 25.1 Å². The van der Waals surface area contributed by atoms with E-state index in [1.807, 2.05) is 6.20 Å². The van der Waals surface area contributed by atoms with E-state index < -0.39 is 0 Å². The van der Waals surface area contributed by atoms with Crippen LogP contribution in [0.25, 0.3) is 10.9 Å². The van der Waals surface area contributed by atoms with Crippen LogP contribution in [0.1, 0.15) is 12.0 Å². The Labute approximate surface area is 113 Å². The molecule has 1 aliphatic rings. The molecule has 0 amide bonds. The maximum absolute atomic E-state index is 9.50. The quantitative estimate of drug-likeness (QED) is 0.880. The number of ether oxygens (including phenoxy) is 1. The van der Waals surface area contributed by atoms with E-state index in [0.29, 0.717) is 0 Å². The van der Waals surface area contributed by atoms with Crippen LogP contribution in [0.2, 0.25) is 0 Å². The molecule has 0 radical (unpaired) electrons. The molecule has 1 saturated heterocycles. The van der Waals surface area contributed by atoms with Gasteiger partial charge in [-0.2, -0.15) is 0 Å². The SMILES string of the molecule is CO[C@H]1C[C@@H](CO)N(Cc2cccc3cc[nH]c23)C1. The standard InChI is InChI=1S/C15H20N2O2/c1-19-14-7-13(10-18)17(9-14)8-12-4-2-3-11-5-6-16-15(11)12/h2-6,13-14,16,18H,7-10H2,1H3/t13-,14-/m0/s1. The number of nitrogens with one attached hydrogen (secondary N) is 1. The number of likely N-dealkylation sites (tertiary alicyclic amines) is 1. The summed E-state index contributed by atoms with van der Waals surface area (Å²) < 4.78 is 5.42. The van der Waals surface area contributed by atoms with Crippen LogP contribution >= 0.6 is 0 Å². The number of methoxy groups -OCH3 is 1. The fourth-order valence-electron chi connectivity index (χ4n) is 2.99. The third-order valence-electron chi connectivity index (χ3n) is 4.08. The van der Waals surface area contributed by atoms with Gasteiger partial charge in [-0.25, -0.2) is 0 Å². The number of aromatic amines is 1. The van der Waals surface area contributed by atoms with Crippen molar-refractivity contribution in [2.24, 2.45) is 0 Å². The zero-order valence-electron chi connectivity index (χ0n) is 11.2. The van der Waals surface area contributed by atoms with Gasteiger partial charge in [-0.1, -0.05) is 18.2 Å². The van der Waals surface area contributed by atoms with Crippen LogP contribution in [0.4, 0.5) is 0 Å². The van der Waals surface area contributed by atoms with Crippen molar-refractivity contribution in [3.63, 3.8) is 0 Å². The Bertz CT molecular complexity index is 552. The molecule has 2 heterocycles. The summed E-state index contributed by atoms with van der Waals surface area (Å²) in [5.41, 5.74) is 2.47. The van der Waals surface area contributed by atoms with E-state index >= 15 is 0 Å². The first-order valence-corrected chi connectivity index (χ1v) is 6.74. The maximum Gasteiger partial charge on any atom is 0.0714 e. The molecule has 3 rings (SSSR count). The molecular weight excluding hydrogens is 240 g/mol. The van der Waals surface area contributed by atoms with Gasteiger partial charge in [0.1, 0.15) is 0 Å². The summed E-state index contributed by atoms with van der Waals surface area (Å²) in [6, 6.07) is 8.64. The van der Waals surface area contributed by atoms with Gasteiger partial charge < -0.3 is 14.8 Å². The van der Waals surface area contributed by atoms with E-state index in [-0.39, 0.29) is 18.8 Å². The topological polar surface area (TPSA) is 48.5 Å². The van der Waals surface area contributed by atoms with Crippen molar-refractivity contribution in [1.82, 2.24) is 9.88 Å². The minimum Gasteiger partial charge on any atom is -0.395 e. The number of para-hydroxylation sites is 1. The van der Waals surface area contributed by atoms with Crippen molar-refractivity contribution >= 4 is 10.9 Å². The predicted octanol–water partition coefficient (Wildman–Crippen LogP) is 1.75. The second-order valence-corrected chi connectivity index (χ2v) is 5.22. The molecular formula is C15H20N2O2. The van der Waals surface area contributed by atoms with E-state index in [4.69, 9.17) is 4.74 Å². The summed E-state index contributed by atoms with van der Waals surface area (Å²) in [6.45, 7) is 1.93. The number of H-pyrrole nitrogens is 1. The molecule has 1 aromatic carbocycles. The Morgan fingerprint density at radius 1 is 1.42 bits per heavy atom. The van der Waals surface area contributed by atoms with Crippen LogP contribution in [0, 0.1) is 0 Å². The molecule has 0 spiro atoms.